The first-order valence-electron chi connectivity index (χ1n) is 8.69. The molecule has 0 aliphatic rings. The Morgan fingerprint density at radius 1 is 1.25 bits per heavy atom. The van der Waals surface area contributed by atoms with Crippen LogP contribution in [-0.2, 0) is 11.3 Å². The lowest BCUT2D eigenvalue weighted by Gasteiger charge is -2.23. The van der Waals surface area contributed by atoms with E-state index < -0.39 is 4.92 Å². The third-order valence-electron chi connectivity index (χ3n) is 4.27. The Bertz CT molecular complexity index is 942. The third kappa shape index (κ3) is 4.41. The van der Waals surface area contributed by atoms with Crippen LogP contribution < -0.4 is 0 Å². The van der Waals surface area contributed by atoms with Gasteiger partial charge < -0.3 is 14.2 Å². The molecule has 0 saturated heterocycles. The molecular formula is C20H20N4O4. The van der Waals surface area contributed by atoms with E-state index in [0.29, 0.717) is 25.4 Å². The van der Waals surface area contributed by atoms with E-state index in [4.69, 9.17) is 4.74 Å². The minimum Gasteiger partial charge on any atom is -0.383 e. The van der Waals surface area contributed by atoms with Crippen molar-refractivity contribution in [2.75, 3.05) is 20.3 Å². The lowest BCUT2D eigenvalue weighted by molar-refractivity contribution is -0.384. The van der Waals surface area contributed by atoms with Crippen molar-refractivity contribution in [3.8, 4) is 5.69 Å². The summed E-state index contributed by atoms with van der Waals surface area (Å²) in [4.78, 5) is 29.6. The first kappa shape index (κ1) is 19.2. The summed E-state index contributed by atoms with van der Waals surface area (Å²) in [6, 6.07) is 14.0. The van der Waals surface area contributed by atoms with Gasteiger partial charge in [-0.25, -0.2) is 4.98 Å². The molecule has 28 heavy (non-hydrogen) atoms. The molecule has 8 nitrogen and oxygen atoms in total. The summed E-state index contributed by atoms with van der Waals surface area (Å²) in [6.07, 6.45) is 4.63. The summed E-state index contributed by atoms with van der Waals surface area (Å²) in [5, 5.41) is 11.6. The van der Waals surface area contributed by atoms with E-state index in [1.54, 1.807) is 34.9 Å². The van der Waals surface area contributed by atoms with Crippen molar-refractivity contribution in [2.45, 2.75) is 6.54 Å². The monoisotopic (exact) mass is 380 g/mol. The maximum atomic E-state index is 13.1. The van der Waals surface area contributed by atoms with Gasteiger partial charge in [0, 0.05) is 44.2 Å². The van der Waals surface area contributed by atoms with Crippen LogP contribution >= 0.6 is 0 Å². The number of hydrogen-bond donors (Lipinski definition) is 0. The predicted octanol–water partition coefficient (Wildman–Crippen LogP) is 3.07. The van der Waals surface area contributed by atoms with E-state index in [0.717, 1.165) is 5.56 Å². The van der Waals surface area contributed by atoms with Crippen LogP contribution in [0.4, 0.5) is 5.69 Å². The number of nitro benzene ring substituents is 1. The van der Waals surface area contributed by atoms with Gasteiger partial charge in [0.2, 0.25) is 0 Å². The second kappa shape index (κ2) is 8.92. The number of benzene rings is 2. The van der Waals surface area contributed by atoms with Gasteiger partial charge >= 0.3 is 0 Å². The fourth-order valence-electron chi connectivity index (χ4n) is 2.86. The largest absolute Gasteiger partial charge is 0.383 e. The molecule has 144 valence electrons. The summed E-state index contributed by atoms with van der Waals surface area (Å²) in [6.45, 7) is 1.13. The molecule has 0 radical (unpaired) electrons. The lowest BCUT2D eigenvalue weighted by atomic mass is 10.1. The fourth-order valence-corrected chi connectivity index (χ4v) is 2.86. The molecule has 0 saturated carbocycles. The number of methoxy groups -OCH3 is 1. The Kier molecular flexibility index (Phi) is 6.13. The molecule has 0 N–H and O–H groups in total. The van der Waals surface area contributed by atoms with Gasteiger partial charge in [-0.05, 0) is 17.7 Å². The highest BCUT2D eigenvalue weighted by atomic mass is 16.6. The molecule has 0 bridgehead atoms. The van der Waals surface area contributed by atoms with Crippen LogP contribution in [0.3, 0.4) is 0 Å². The zero-order valence-corrected chi connectivity index (χ0v) is 15.4. The van der Waals surface area contributed by atoms with Gasteiger partial charge in [0.1, 0.15) is 5.69 Å². The van der Waals surface area contributed by atoms with Gasteiger partial charge in [-0.15, -0.1) is 0 Å². The van der Waals surface area contributed by atoms with Crippen molar-refractivity contribution in [1.82, 2.24) is 14.5 Å². The number of amides is 1. The van der Waals surface area contributed by atoms with Crippen molar-refractivity contribution in [3.63, 3.8) is 0 Å². The zero-order chi connectivity index (χ0) is 19.9. The molecule has 3 rings (SSSR count). The first-order chi connectivity index (χ1) is 13.6. The normalized spacial score (nSPS) is 10.6. The number of hydrogen-bond acceptors (Lipinski definition) is 5. The van der Waals surface area contributed by atoms with Crippen LogP contribution in [0.1, 0.15) is 15.9 Å². The Balaban J connectivity index is 1.91. The minimum absolute atomic E-state index is 0.157. The number of carbonyl (C=O) groups excluding carboxylic acids is 1. The Hall–Kier alpha value is -3.52. The number of rotatable bonds is 8. The number of nitrogens with zero attached hydrogens (tertiary/aromatic N) is 4. The average molecular weight is 380 g/mol. The van der Waals surface area contributed by atoms with Gasteiger partial charge in [0.15, 0.2) is 0 Å². The molecular weight excluding hydrogens is 360 g/mol. The van der Waals surface area contributed by atoms with E-state index >= 15 is 0 Å². The van der Waals surface area contributed by atoms with E-state index in [2.05, 4.69) is 4.98 Å². The van der Waals surface area contributed by atoms with E-state index in [1.165, 1.54) is 18.6 Å². The Morgan fingerprint density at radius 2 is 2.04 bits per heavy atom. The van der Waals surface area contributed by atoms with E-state index in [1.807, 2.05) is 30.3 Å². The highest BCUT2D eigenvalue weighted by molar-refractivity contribution is 5.95. The summed E-state index contributed by atoms with van der Waals surface area (Å²) in [5.41, 5.74) is 1.42. The van der Waals surface area contributed by atoms with Crippen molar-refractivity contribution in [2.24, 2.45) is 0 Å². The molecule has 0 fully saturated rings. The topological polar surface area (TPSA) is 90.5 Å². The highest BCUT2D eigenvalue weighted by Gasteiger charge is 2.22. The predicted molar refractivity (Wildman–Crippen MR) is 103 cm³/mol. The van der Waals surface area contributed by atoms with Gasteiger partial charge in [-0.3, -0.25) is 14.9 Å². The highest BCUT2D eigenvalue weighted by Crippen LogP contribution is 2.25. The molecule has 0 aliphatic carbocycles. The van der Waals surface area contributed by atoms with Crippen LogP contribution in [0.25, 0.3) is 5.69 Å². The molecule has 1 amide bonds. The number of ether oxygens (including phenoxy) is 1. The van der Waals surface area contributed by atoms with Gasteiger partial charge in [0.25, 0.3) is 11.6 Å². The minimum atomic E-state index is -0.497. The standard InChI is InChI=1S/C20H20N4O4/c1-28-12-11-22(14-16-5-3-2-4-6-16)20(25)17-7-8-18(19(13-17)24(26)27)23-10-9-21-15-23/h2-10,13,15H,11-12,14H2,1H3. The van der Waals surface area contributed by atoms with Crippen LogP contribution in [0.2, 0.25) is 0 Å². The van der Waals surface area contributed by atoms with Crippen molar-refractivity contribution in [3.05, 3.63) is 88.5 Å². The number of nitro groups is 1. The summed E-state index contributed by atoms with van der Waals surface area (Å²) >= 11 is 0. The molecule has 2 aromatic carbocycles. The summed E-state index contributed by atoms with van der Waals surface area (Å²) in [7, 11) is 1.57. The molecule has 8 heteroatoms. The molecule has 0 aliphatic heterocycles. The van der Waals surface area contributed by atoms with Crippen LogP contribution in [0.15, 0.2) is 67.3 Å². The van der Waals surface area contributed by atoms with Crippen LogP contribution in [0, 0.1) is 10.1 Å². The smallest absolute Gasteiger partial charge is 0.294 e. The van der Waals surface area contributed by atoms with Gasteiger partial charge in [0.05, 0.1) is 17.9 Å². The summed E-state index contributed by atoms with van der Waals surface area (Å²) in [5.74, 6) is -0.291. The second-order valence-corrected chi connectivity index (χ2v) is 6.14. The Morgan fingerprint density at radius 3 is 2.68 bits per heavy atom. The third-order valence-corrected chi connectivity index (χ3v) is 4.27. The number of imidazole rings is 1. The molecule has 0 atom stereocenters. The van der Waals surface area contributed by atoms with Crippen molar-refractivity contribution < 1.29 is 14.5 Å². The van der Waals surface area contributed by atoms with Gasteiger partial charge in [-0.1, -0.05) is 30.3 Å². The molecule has 1 heterocycles. The first-order valence-corrected chi connectivity index (χ1v) is 8.69. The number of aromatic nitrogens is 2. The van der Waals surface area contributed by atoms with Crippen LogP contribution in [0.5, 0.6) is 0 Å². The lowest BCUT2D eigenvalue weighted by Crippen LogP contribution is -2.33. The van der Waals surface area contributed by atoms with Crippen molar-refractivity contribution >= 4 is 11.6 Å². The average Bonchev–Trinajstić information content (AvgIpc) is 3.25. The van der Waals surface area contributed by atoms with Crippen LogP contribution in [-0.4, -0.2) is 45.5 Å². The molecule has 0 unspecified atom stereocenters. The zero-order valence-electron chi connectivity index (χ0n) is 15.4. The maximum Gasteiger partial charge on any atom is 0.294 e. The SMILES string of the molecule is COCCN(Cc1ccccc1)C(=O)c1ccc(-n2ccnc2)c([N+](=O)[O-])c1. The fraction of sp³-hybridized carbons (Fsp3) is 0.200. The number of carbonyl (C=O) groups is 1. The second-order valence-electron chi connectivity index (χ2n) is 6.14. The molecule has 3 aromatic rings. The maximum absolute atomic E-state index is 13.1. The van der Waals surface area contributed by atoms with Gasteiger partial charge in [-0.2, -0.15) is 0 Å². The summed E-state index contributed by atoms with van der Waals surface area (Å²) < 4.78 is 6.65. The quantitative estimate of drug-likeness (QED) is 0.442. The molecule has 0 spiro atoms. The van der Waals surface area contributed by atoms with E-state index in [9.17, 15) is 14.9 Å². The molecule has 1 aromatic heterocycles. The van der Waals surface area contributed by atoms with Crippen molar-refractivity contribution in [1.29, 1.82) is 0 Å². The van der Waals surface area contributed by atoms with E-state index in [-0.39, 0.29) is 17.2 Å². The Labute approximate surface area is 162 Å².